The third-order valence-electron chi connectivity index (χ3n) is 3.96. The molecule has 1 aromatic carbocycles. The van der Waals surface area contributed by atoms with E-state index >= 15 is 0 Å². The van der Waals surface area contributed by atoms with Crippen LogP contribution in [0.25, 0.3) is 5.82 Å². The highest BCUT2D eigenvalue weighted by atomic mass is 35.5. The molecule has 0 unspecified atom stereocenters. The lowest BCUT2D eigenvalue weighted by atomic mass is 10.2. The minimum atomic E-state index is -0.341. The van der Waals surface area contributed by atoms with Gasteiger partial charge in [-0.15, -0.1) is 0 Å². The number of carbonyl (C=O) groups excluding carboxylic acids is 1. The van der Waals surface area contributed by atoms with Gasteiger partial charge in [-0.3, -0.25) is 4.79 Å². The number of halogens is 1. The van der Waals surface area contributed by atoms with Crippen LogP contribution in [-0.4, -0.2) is 33.9 Å². The smallest absolute Gasteiger partial charge is 0.257 e. The normalized spacial score (nSPS) is 10.6. The predicted molar refractivity (Wildman–Crippen MR) is 112 cm³/mol. The summed E-state index contributed by atoms with van der Waals surface area (Å²) in [6, 6.07) is 10.5. The lowest BCUT2D eigenvalue weighted by Crippen LogP contribution is -2.16. The van der Waals surface area contributed by atoms with Crippen LogP contribution in [-0.2, 0) is 0 Å². The van der Waals surface area contributed by atoms with Crippen LogP contribution in [0.15, 0.2) is 42.6 Å². The van der Waals surface area contributed by atoms with Gasteiger partial charge in [0.2, 0.25) is 0 Å². The quantitative estimate of drug-likeness (QED) is 0.579. The molecule has 0 aliphatic carbocycles. The van der Waals surface area contributed by atoms with Crippen molar-refractivity contribution in [2.75, 3.05) is 18.5 Å². The fraction of sp³-hybridized carbons (Fsp3) is 0.286. The van der Waals surface area contributed by atoms with Crippen LogP contribution in [0.1, 0.15) is 36.3 Å². The number of rotatable bonds is 8. The summed E-state index contributed by atoms with van der Waals surface area (Å²) < 4.78 is 12.9. The van der Waals surface area contributed by atoms with E-state index in [2.05, 4.69) is 15.4 Å². The number of ether oxygens (including phenoxy) is 2. The number of nitrogens with one attached hydrogen (secondary N) is 1. The first kappa shape index (κ1) is 20.7. The van der Waals surface area contributed by atoms with Crippen LogP contribution in [0.4, 0.5) is 5.82 Å². The molecule has 2 aromatic heterocycles. The summed E-state index contributed by atoms with van der Waals surface area (Å²) in [5.74, 6) is 1.65. The van der Waals surface area contributed by atoms with E-state index in [1.54, 1.807) is 29.1 Å². The van der Waals surface area contributed by atoms with E-state index in [1.807, 2.05) is 39.0 Å². The zero-order valence-corrected chi connectivity index (χ0v) is 17.4. The number of amides is 1. The largest absolute Gasteiger partial charge is 0.490 e. The topological polar surface area (TPSA) is 78.3 Å². The first-order valence-electron chi connectivity index (χ1n) is 9.42. The molecule has 152 valence electrons. The van der Waals surface area contributed by atoms with Gasteiger partial charge in [0.25, 0.3) is 5.91 Å². The van der Waals surface area contributed by atoms with Crippen molar-refractivity contribution in [3.8, 4) is 17.3 Å². The minimum Gasteiger partial charge on any atom is -0.490 e. The molecule has 1 amide bonds. The Bertz CT molecular complexity index is 989. The van der Waals surface area contributed by atoms with Gasteiger partial charge < -0.3 is 14.8 Å². The first-order chi connectivity index (χ1) is 14.0. The predicted octanol–water partition coefficient (Wildman–Crippen LogP) is 4.67. The number of nitrogens with zero attached hydrogens (tertiary/aromatic N) is 3. The van der Waals surface area contributed by atoms with Crippen molar-refractivity contribution in [3.63, 3.8) is 0 Å². The van der Waals surface area contributed by atoms with Gasteiger partial charge in [0.1, 0.15) is 5.82 Å². The van der Waals surface area contributed by atoms with Gasteiger partial charge >= 0.3 is 0 Å². The summed E-state index contributed by atoms with van der Waals surface area (Å²) in [5, 5.41) is 7.60. The molecule has 0 atom stereocenters. The number of hydrogen-bond donors (Lipinski definition) is 1. The number of aromatic nitrogens is 3. The second-order valence-electron chi connectivity index (χ2n) is 6.29. The van der Waals surface area contributed by atoms with Crippen LogP contribution >= 0.6 is 11.6 Å². The molecular formula is C21H23ClN4O3. The van der Waals surface area contributed by atoms with Gasteiger partial charge in [0.15, 0.2) is 17.3 Å². The van der Waals surface area contributed by atoms with Gasteiger partial charge in [-0.2, -0.15) is 9.78 Å². The summed E-state index contributed by atoms with van der Waals surface area (Å²) >= 11 is 6.37. The molecule has 8 heteroatoms. The Morgan fingerprint density at radius 3 is 2.72 bits per heavy atom. The molecule has 0 saturated heterocycles. The van der Waals surface area contributed by atoms with Crippen molar-refractivity contribution in [2.24, 2.45) is 0 Å². The average molecular weight is 415 g/mol. The molecular weight excluding hydrogens is 392 g/mol. The molecule has 0 aliphatic rings. The van der Waals surface area contributed by atoms with E-state index in [9.17, 15) is 4.79 Å². The fourth-order valence-corrected chi connectivity index (χ4v) is 3.00. The Labute approximate surface area is 174 Å². The molecule has 0 radical (unpaired) electrons. The van der Waals surface area contributed by atoms with E-state index in [4.69, 9.17) is 21.1 Å². The summed E-state index contributed by atoms with van der Waals surface area (Å²) in [7, 11) is 0. The molecule has 1 N–H and O–H groups in total. The molecule has 29 heavy (non-hydrogen) atoms. The third kappa shape index (κ3) is 4.86. The standard InChI is InChI=1S/C21H23ClN4O3/c1-4-10-29-20-16(22)12-15(13-17(20)28-5-2)21(27)24-19-11-14(3)25-26(19)18-8-6-7-9-23-18/h6-9,11-13H,4-5,10H2,1-3H3,(H,24,27). The van der Waals surface area contributed by atoms with Crippen molar-refractivity contribution < 1.29 is 14.3 Å². The number of hydrogen-bond acceptors (Lipinski definition) is 5. The number of anilines is 1. The van der Waals surface area contributed by atoms with E-state index in [1.165, 1.54) is 0 Å². The number of benzene rings is 1. The fourth-order valence-electron chi connectivity index (χ4n) is 2.74. The Hall–Kier alpha value is -3.06. The number of pyridine rings is 1. The van der Waals surface area contributed by atoms with Crippen LogP contribution in [0.3, 0.4) is 0 Å². The maximum absolute atomic E-state index is 12.9. The lowest BCUT2D eigenvalue weighted by molar-refractivity contribution is 0.102. The van der Waals surface area contributed by atoms with Gasteiger partial charge in [0, 0.05) is 17.8 Å². The van der Waals surface area contributed by atoms with Crippen LogP contribution < -0.4 is 14.8 Å². The van der Waals surface area contributed by atoms with Crippen LogP contribution in [0.2, 0.25) is 5.02 Å². The van der Waals surface area contributed by atoms with E-state index in [-0.39, 0.29) is 5.91 Å². The Morgan fingerprint density at radius 1 is 1.21 bits per heavy atom. The Balaban J connectivity index is 1.90. The SMILES string of the molecule is CCCOc1c(Cl)cc(C(=O)Nc2cc(C)nn2-c2ccccn2)cc1OCC. The third-order valence-corrected chi connectivity index (χ3v) is 4.24. The molecule has 2 heterocycles. The van der Waals surface area contributed by atoms with Gasteiger partial charge in [0.05, 0.1) is 23.9 Å². The maximum atomic E-state index is 12.9. The summed E-state index contributed by atoms with van der Waals surface area (Å²) in [6.45, 7) is 6.64. The van der Waals surface area contributed by atoms with Gasteiger partial charge in [-0.05, 0) is 44.5 Å². The van der Waals surface area contributed by atoms with E-state index in [0.29, 0.717) is 46.9 Å². The molecule has 0 saturated carbocycles. The Morgan fingerprint density at radius 2 is 2.03 bits per heavy atom. The second-order valence-corrected chi connectivity index (χ2v) is 6.70. The molecule has 0 fully saturated rings. The lowest BCUT2D eigenvalue weighted by Gasteiger charge is -2.15. The Kier molecular flexibility index (Phi) is 6.72. The number of carbonyl (C=O) groups is 1. The van der Waals surface area contributed by atoms with Gasteiger partial charge in [-0.25, -0.2) is 4.98 Å². The highest BCUT2D eigenvalue weighted by Crippen LogP contribution is 2.37. The molecule has 0 bridgehead atoms. The zero-order chi connectivity index (χ0) is 20.8. The van der Waals surface area contributed by atoms with E-state index < -0.39 is 0 Å². The van der Waals surface area contributed by atoms with Crippen molar-refractivity contribution in [2.45, 2.75) is 27.2 Å². The monoisotopic (exact) mass is 414 g/mol. The molecule has 7 nitrogen and oxygen atoms in total. The average Bonchev–Trinajstić information content (AvgIpc) is 3.08. The summed E-state index contributed by atoms with van der Waals surface area (Å²) in [6.07, 6.45) is 2.50. The molecule has 3 rings (SSSR count). The summed E-state index contributed by atoms with van der Waals surface area (Å²) in [5.41, 5.74) is 1.11. The van der Waals surface area contributed by atoms with Crippen LogP contribution in [0, 0.1) is 6.92 Å². The first-order valence-corrected chi connectivity index (χ1v) is 9.79. The van der Waals surface area contributed by atoms with Gasteiger partial charge in [-0.1, -0.05) is 24.6 Å². The number of aryl methyl sites for hydroxylation is 1. The second kappa shape index (κ2) is 9.43. The summed E-state index contributed by atoms with van der Waals surface area (Å²) in [4.78, 5) is 17.2. The zero-order valence-electron chi connectivity index (χ0n) is 16.6. The minimum absolute atomic E-state index is 0.323. The molecule has 3 aromatic rings. The highest BCUT2D eigenvalue weighted by Gasteiger charge is 2.18. The highest BCUT2D eigenvalue weighted by molar-refractivity contribution is 6.32. The van der Waals surface area contributed by atoms with Crippen molar-refractivity contribution in [1.82, 2.24) is 14.8 Å². The van der Waals surface area contributed by atoms with Crippen molar-refractivity contribution in [3.05, 3.63) is 58.9 Å². The molecule has 0 aliphatic heterocycles. The maximum Gasteiger partial charge on any atom is 0.257 e. The van der Waals surface area contributed by atoms with Crippen molar-refractivity contribution >= 4 is 23.3 Å². The van der Waals surface area contributed by atoms with Crippen molar-refractivity contribution in [1.29, 1.82) is 0 Å². The molecule has 0 spiro atoms. The van der Waals surface area contributed by atoms with Crippen LogP contribution in [0.5, 0.6) is 11.5 Å². The van der Waals surface area contributed by atoms with E-state index in [0.717, 1.165) is 12.1 Å².